The second-order valence-electron chi connectivity index (χ2n) is 5.84. The van der Waals surface area contributed by atoms with Crippen molar-refractivity contribution in [3.63, 3.8) is 0 Å². The monoisotopic (exact) mass is 284 g/mol. The molecule has 2 N–H and O–H groups in total. The first-order chi connectivity index (χ1) is 10.1. The van der Waals surface area contributed by atoms with E-state index in [4.69, 9.17) is 0 Å². The van der Waals surface area contributed by atoms with Crippen LogP contribution in [0.1, 0.15) is 36.6 Å². The van der Waals surface area contributed by atoms with Crippen LogP contribution in [0.3, 0.4) is 0 Å². The van der Waals surface area contributed by atoms with E-state index in [9.17, 15) is 5.11 Å². The third-order valence-corrected chi connectivity index (χ3v) is 3.42. The van der Waals surface area contributed by atoms with Crippen LogP contribution >= 0.6 is 0 Å². The zero-order chi connectivity index (χ0) is 15.1. The molecule has 1 heterocycles. The minimum Gasteiger partial charge on any atom is -0.387 e. The number of hydrogen-bond acceptors (Lipinski definition) is 3. The summed E-state index contributed by atoms with van der Waals surface area (Å²) < 4.78 is 0. The van der Waals surface area contributed by atoms with Crippen LogP contribution in [0.4, 0.5) is 0 Å². The highest BCUT2D eigenvalue weighted by Gasteiger charge is 2.07. The Kier molecular flexibility index (Phi) is 5.90. The maximum Gasteiger partial charge on any atom is 0.0914 e. The van der Waals surface area contributed by atoms with Gasteiger partial charge < -0.3 is 10.4 Å². The summed E-state index contributed by atoms with van der Waals surface area (Å²) >= 11 is 0. The molecule has 1 aromatic heterocycles. The van der Waals surface area contributed by atoms with Crippen molar-refractivity contribution in [2.75, 3.05) is 6.54 Å². The Labute approximate surface area is 127 Å². The fourth-order valence-corrected chi connectivity index (χ4v) is 2.32. The van der Waals surface area contributed by atoms with E-state index in [2.05, 4.69) is 36.3 Å². The first kappa shape index (κ1) is 15.7. The predicted octanol–water partition coefficient (Wildman–Crippen LogP) is 3.10. The van der Waals surface area contributed by atoms with Crippen LogP contribution in [-0.2, 0) is 13.0 Å². The summed E-state index contributed by atoms with van der Waals surface area (Å²) in [5.74, 6) is 0.655. The molecule has 0 spiro atoms. The molecule has 21 heavy (non-hydrogen) atoms. The van der Waals surface area contributed by atoms with E-state index in [0.29, 0.717) is 12.5 Å². The summed E-state index contributed by atoms with van der Waals surface area (Å²) in [7, 11) is 0. The lowest BCUT2D eigenvalue weighted by atomic mass is 10.0. The largest absolute Gasteiger partial charge is 0.387 e. The number of nitrogens with one attached hydrogen (secondary N) is 1. The molecule has 0 aliphatic heterocycles. The zero-order valence-corrected chi connectivity index (χ0v) is 12.8. The first-order valence-electron chi connectivity index (χ1n) is 7.51. The van der Waals surface area contributed by atoms with Crippen LogP contribution in [0.25, 0.3) is 0 Å². The molecule has 0 bridgehead atoms. The van der Waals surface area contributed by atoms with Crippen molar-refractivity contribution in [3.05, 3.63) is 65.5 Å². The number of aliphatic hydroxyl groups is 1. The van der Waals surface area contributed by atoms with E-state index in [1.165, 1.54) is 11.1 Å². The molecule has 0 amide bonds. The van der Waals surface area contributed by atoms with Gasteiger partial charge in [-0.25, -0.2) is 0 Å². The average Bonchev–Trinajstić information content (AvgIpc) is 2.48. The Morgan fingerprint density at radius 3 is 2.29 bits per heavy atom. The smallest absolute Gasteiger partial charge is 0.0914 e. The molecule has 3 heteroatoms. The quantitative estimate of drug-likeness (QED) is 0.821. The predicted molar refractivity (Wildman–Crippen MR) is 85.9 cm³/mol. The van der Waals surface area contributed by atoms with Gasteiger partial charge in [-0.15, -0.1) is 0 Å². The summed E-state index contributed by atoms with van der Waals surface area (Å²) in [5, 5.41) is 13.5. The molecule has 112 valence electrons. The summed E-state index contributed by atoms with van der Waals surface area (Å²) in [6.45, 7) is 5.72. The summed E-state index contributed by atoms with van der Waals surface area (Å²) in [6.07, 6.45) is 4.17. The van der Waals surface area contributed by atoms with Crippen molar-refractivity contribution >= 4 is 0 Å². The maximum absolute atomic E-state index is 10.2. The third kappa shape index (κ3) is 5.29. The normalized spacial score (nSPS) is 12.6. The number of aromatic nitrogens is 1. The summed E-state index contributed by atoms with van der Waals surface area (Å²) in [6, 6.07) is 12.2. The van der Waals surface area contributed by atoms with Crippen molar-refractivity contribution in [2.24, 2.45) is 5.92 Å². The highest BCUT2D eigenvalue weighted by molar-refractivity contribution is 5.24. The van der Waals surface area contributed by atoms with Crippen LogP contribution in [0, 0.1) is 5.92 Å². The molecule has 2 aromatic rings. The Bertz CT molecular complexity index is 523. The van der Waals surface area contributed by atoms with Gasteiger partial charge in [-0.2, -0.15) is 0 Å². The van der Waals surface area contributed by atoms with E-state index in [-0.39, 0.29) is 0 Å². The molecular weight excluding hydrogens is 260 g/mol. The van der Waals surface area contributed by atoms with Gasteiger partial charge >= 0.3 is 0 Å². The van der Waals surface area contributed by atoms with Gasteiger partial charge in [-0.3, -0.25) is 4.98 Å². The molecule has 1 unspecified atom stereocenters. The minimum atomic E-state index is -0.472. The molecule has 2 rings (SSSR count). The number of rotatable bonds is 7. The SMILES string of the molecule is CC(C)Cc1ccc(C(O)CNCc2ccncc2)cc1. The van der Waals surface area contributed by atoms with Gasteiger partial charge in [0.15, 0.2) is 0 Å². The Morgan fingerprint density at radius 2 is 1.67 bits per heavy atom. The first-order valence-corrected chi connectivity index (χ1v) is 7.51. The molecule has 0 radical (unpaired) electrons. The van der Waals surface area contributed by atoms with Crippen LogP contribution in [0.5, 0.6) is 0 Å². The van der Waals surface area contributed by atoms with Crippen molar-refractivity contribution < 1.29 is 5.11 Å². The number of pyridine rings is 1. The lowest BCUT2D eigenvalue weighted by Gasteiger charge is -2.13. The molecule has 1 aromatic carbocycles. The Hall–Kier alpha value is -1.71. The summed E-state index contributed by atoms with van der Waals surface area (Å²) in [5.41, 5.74) is 3.46. The van der Waals surface area contributed by atoms with Gasteiger partial charge in [0.2, 0.25) is 0 Å². The van der Waals surface area contributed by atoms with Gasteiger partial charge in [0.25, 0.3) is 0 Å². The van der Waals surface area contributed by atoms with Crippen molar-refractivity contribution in [1.82, 2.24) is 10.3 Å². The molecule has 0 saturated heterocycles. The topological polar surface area (TPSA) is 45.1 Å². The zero-order valence-electron chi connectivity index (χ0n) is 12.8. The number of nitrogens with zero attached hydrogens (tertiary/aromatic N) is 1. The number of aliphatic hydroxyl groups excluding tert-OH is 1. The van der Waals surface area contributed by atoms with E-state index in [1.54, 1.807) is 12.4 Å². The van der Waals surface area contributed by atoms with Crippen LogP contribution in [0.2, 0.25) is 0 Å². The second-order valence-corrected chi connectivity index (χ2v) is 5.84. The van der Waals surface area contributed by atoms with Crippen LogP contribution < -0.4 is 5.32 Å². The van der Waals surface area contributed by atoms with Crippen LogP contribution in [-0.4, -0.2) is 16.6 Å². The fourth-order valence-electron chi connectivity index (χ4n) is 2.32. The molecule has 3 nitrogen and oxygen atoms in total. The Morgan fingerprint density at radius 1 is 1.00 bits per heavy atom. The van der Waals surface area contributed by atoms with Gasteiger partial charge in [0.05, 0.1) is 6.10 Å². The van der Waals surface area contributed by atoms with E-state index < -0.39 is 6.10 Å². The highest BCUT2D eigenvalue weighted by atomic mass is 16.3. The molecule has 0 fully saturated rings. The van der Waals surface area contributed by atoms with E-state index >= 15 is 0 Å². The minimum absolute atomic E-state index is 0.472. The lowest BCUT2D eigenvalue weighted by Crippen LogP contribution is -2.21. The number of benzene rings is 1. The molecule has 0 aliphatic rings. The third-order valence-electron chi connectivity index (χ3n) is 3.42. The van der Waals surface area contributed by atoms with Gasteiger partial charge in [-0.1, -0.05) is 38.1 Å². The van der Waals surface area contributed by atoms with E-state index in [1.807, 2.05) is 24.3 Å². The lowest BCUT2D eigenvalue weighted by molar-refractivity contribution is 0.174. The fraction of sp³-hybridized carbons (Fsp3) is 0.389. The van der Waals surface area contributed by atoms with Gasteiger partial charge in [0.1, 0.15) is 0 Å². The summed E-state index contributed by atoms with van der Waals surface area (Å²) in [4.78, 5) is 3.99. The second kappa shape index (κ2) is 7.91. The highest BCUT2D eigenvalue weighted by Crippen LogP contribution is 2.15. The van der Waals surface area contributed by atoms with Gasteiger partial charge in [-0.05, 0) is 41.2 Å². The van der Waals surface area contributed by atoms with Crippen molar-refractivity contribution in [2.45, 2.75) is 32.9 Å². The maximum atomic E-state index is 10.2. The molecule has 1 atom stereocenters. The van der Waals surface area contributed by atoms with Crippen molar-refractivity contribution in [3.8, 4) is 0 Å². The number of hydrogen-bond donors (Lipinski definition) is 2. The van der Waals surface area contributed by atoms with Gasteiger partial charge in [0, 0.05) is 25.5 Å². The molecule has 0 aliphatic carbocycles. The Balaban J connectivity index is 1.81. The molecule has 0 saturated carbocycles. The van der Waals surface area contributed by atoms with Crippen LogP contribution in [0.15, 0.2) is 48.8 Å². The van der Waals surface area contributed by atoms with E-state index in [0.717, 1.165) is 18.5 Å². The van der Waals surface area contributed by atoms with Crippen molar-refractivity contribution in [1.29, 1.82) is 0 Å². The average molecular weight is 284 g/mol. The standard InChI is InChI=1S/C18H24N2O/c1-14(2)11-15-3-5-17(6-4-15)18(21)13-20-12-16-7-9-19-10-8-16/h3-10,14,18,20-21H,11-13H2,1-2H3. The molecular formula is C18H24N2O.